The molecule has 6 N–H and O–H groups in total. The van der Waals surface area contributed by atoms with Crippen LogP contribution < -0.4 is 26.5 Å². The number of carbonyl (C=O) groups is 3. The van der Waals surface area contributed by atoms with E-state index in [0.29, 0.717) is 16.5 Å². The van der Waals surface area contributed by atoms with Gasteiger partial charge in [-0.15, -0.1) is 23.1 Å². The number of thioether (sulfide) groups is 1. The lowest BCUT2D eigenvalue weighted by molar-refractivity contribution is -0.689. The van der Waals surface area contributed by atoms with E-state index in [9.17, 15) is 24.7 Å². The number of oxime groups is 1. The lowest BCUT2D eigenvalue weighted by Crippen LogP contribution is -2.71. The van der Waals surface area contributed by atoms with Crippen LogP contribution in [-0.4, -0.2) is 65.1 Å². The molecule has 0 aliphatic carbocycles. The summed E-state index contributed by atoms with van der Waals surface area (Å²) in [6.45, 7) is 0.198. The topological polar surface area (TPSA) is 217 Å². The zero-order chi connectivity index (χ0) is 26.3. The molecular formula is C20H17N9O5S3. The van der Waals surface area contributed by atoms with Crippen molar-refractivity contribution in [3.05, 3.63) is 46.9 Å². The third kappa shape index (κ3) is 4.58. The van der Waals surface area contributed by atoms with E-state index >= 15 is 0 Å². The van der Waals surface area contributed by atoms with E-state index in [-0.39, 0.29) is 28.8 Å². The van der Waals surface area contributed by atoms with Crippen LogP contribution in [-0.2, 0) is 20.9 Å². The number of nitrogens with zero attached hydrogens (tertiary/aromatic N) is 6. The van der Waals surface area contributed by atoms with Crippen molar-refractivity contribution < 1.29 is 29.3 Å². The lowest BCUT2D eigenvalue weighted by atomic mass is 10.0. The summed E-state index contributed by atoms with van der Waals surface area (Å²) >= 11 is 3.43. The molecule has 0 unspecified atom stereocenters. The van der Waals surface area contributed by atoms with E-state index in [0.717, 1.165) is 33.3 Å². The maximum atomic E-state index is 12.9. The van der Waals surface area contributed by atoms with Crippen molar-refractivity contribution in [2.45, 2.75) is 18.0 Å². The van der Waals surface area contributed by atoms with Crippen molar-refractivity contribution in [3.8, 4) is 11.4 Å². The minimum Gasteiger partial charge on any atom is -0.543 e. The molecule has 2 amide bonds. The van der Waals surface area contributed by atoms with Gasteiger partial charge in [-0.3, -0.25) is 14.5 Å². The van der Waals surface area contributed by atoms with Crippen molar-refractivity contribution in [3.63, 3.8) is 0 Å². The monoisotopic (exact) mass is 559 g/mol. The first-order valence-corrected chi connectivity index (χ1v) is 13.2. The molecule has 0 aromatic carbocycles. The van der Waals surface area contributed by atoms with Gasteiger partial charge >= 0.3 is 0 Å². The molecule has 14 nitrogen and oxygen atoms in total. The molecule has 0 radical (unpaired) electrons. The first kappa shape index (κ1) is 24.6. The summed E-state index contributed by atoms with van der Waals surface area (Å²) < 4.78 is 5.91. The number of carboxylic acids is 1. The van der Waals surface area contributed by atoms with Crippen LogP contribution in [0.5, 0.6) is 0 Å². The maximum absolute atomic E-state index is 12.9. The molecule has 190 valence electrons. The van der Waals surface area contributed by atoms with Crippen LogP contribution in [0.3, 0.4) is 0 Å². The number of pyridine rings is 1. The summed E-state index contributed by atoms with van der Waals surface area (Å²) in [5.41, 5.74) is 11.8. The van der Waals surface area contributed by atoms with Gasteiger partial charge in [-0.25, -0.2) is 9.55 Å². The van der Waals surface area contributed by atoms with E-state index in [4.69, 9.17) is 11.5 Å². The molecule has 0 bridgehead atoms. The Kier molecular flexibility index (Phi) is 6.48. The first-order valence-electron chi connectivity index (χ1n) is 10.5. The Labute approximate surface area is 220 Å². The molecule has 5 rings (SSSR count). The summed E-state index contributed by atoms with van der Waals surface area (Å²) in [7, 11) is 0. The summed E-state index contributed by atoms with van der Waals surface area (Å²) in [5, 5.41) is 28.1. The van der Waals surface area contributed by atoms with Gasteiger partial charge in [0.1, 0.15) is 17.1 Å². The number of hydrogen-bond acceptors (Lipinski definition) is 14. The molecule has 1 fully saturated rings. The second-order valence-corrected chi connectivity index (χ2v) is 10.6. The predicted octanol–water partition coefficient (Wildman–Crippen LogP) is -1.60. The summed E-state index contributed by atoms with van der Waals surface area (Å²) in [5.74, 6) is -2.18. The molecule has 3 aromatic heterocycles. The minimum atomic E-state index is -1.49. The summed E-state index contributed by atoms with van der Waals surface area (Å²) in [6.07, 6.45) is 3.48. The van der Waals surface area contributed by atoms with Gasteiger partial charge in [0.25, 0.3) is 11.8 Å². The fraction of sp³-hybridized carbons (Fsp3) is 0.200. The van der Waals surface area contributed by atoms with E-state index in [1.54, 1.807) is 29.1 Å². The van der Waals surface area contributed by atoms with Crippen LogP contribution in [0.25, 0.3) is 11.4 Å². The molecule has 2 aliphatic rings. The van der Waals surface area contributed by atoms with Crippen LogP contribution in [0.4, 0.5) is 10.3 Å². The number of thiazole rings is 1. The van der Waals surface area contributed by atoms with Crippen LogP contribution >= 0.6 is 34.6 Å². The number of anilines is 2. The third-order valence-electron chi connectivity index (χ3n) is 5.57. The smallest absolute Gasteiger partial charge is 0.276 e. The first-order chi connectivity index (χ1) is 17.8. The van der Waals surface area contributed by atoms with Crippen LogP contribution in [0.1, 0.15) is 5.69 Å². The number of aromatic nitrogens is 4. The number of carboxylic acid groups (broad SMARTS) is 1. The van der Waals surface area contributed by atoms with E-state index < -0.39 is 34.9 Å². The number of hydrogen-bond donors (Lipinski definition) is 4. The molecule has 3 aromatic rings. The van der Waals surface area contributed by atoms with Crippen molar-refractivity contribution in [2.75, 3.05) is 17.2 Å². The van der Waals surface area contributed by atoms with Crippen LogP contribution in [0.15, 0.2) is 46.3 Å². The molecule has 2 atom stereocenters. The van der Waals surface area contributed by atoms with Crippen LogP contribution in [0, 0.1) is 0 Å². The van der Waals surface area contributed by atoms with Gasteiger partial charge in [0.2, 0.25) is 0 Å². The molecule has 37 heavy (non-hydrogen) atoms. The van der Waals surface area contributed by atoms with Gasteiger partial charge in [-0.05, 0) is 0 Å². The minimum absolute atomic E-state index is 0.0529. The fourth-order valence-electron chi connectivity index (χ4n) is 3.90. The molecular weight excluding hydrogens is 542 g/mol. The zero-order valence-electron chi connectivity index (χ0n) is 18.6. The molecule has 2 aliphatic heterocycles. The van der Waals surface area contributed by atoms with E-state index in [1.807, 2.05) is 0 Å². The molecule has 0 saturated carbocycles. The number of carbonyl (C=O) groups excluding carboxylic acids is 3. The standard InChI is InChI=1S/C20H17N9O5S3/c21-19-23-10(7-36-19)11(26-34)15(30)24-12-16(31)29-13(18(32)33)9(6-35-17(12)29)5-28-3-1-8(2-4-28)14-25-20(22)37-27-14/h1-4,7,12,17H,5-6H2,(H6-,21,22,23,24,25,27,30,32,33,34)/t12-,17-/m1/s1. The summed E-state index contributed by atoms with van der Waals surface area (Å²) in [6, 6.07) is 2.53. The second kappa shape index (κ2) is 9.75. The Bertz CT molecular complexity index is 1470. The van der Waals surface area contributed by atoms with Crippen molar-refractivity contribution in [1.82, 2.24) is 24.6 Å². The number of nitrogen functional groups attached to an aromatic ring is 2. The van der Waals surface area contributed by atoms with Gasteiger partial charge in [0.05, 0.1) is 11.7 Å². The van der Waals surface area contributed by atoms with Crippen molar-refractivity contribution in [1.29, 1.82) is 0 Å². The van der Waals surface area contributed by atoms with Gasteiger partial charge in [0, 0.05) is 45.9 Å². The fourth-order valence-corrected chi connectivity index (χ4v) is 6.23. The average Bonchev–Trinajstić information content (AvgIpc) is 3.51. The lowest BCUT2D eigenvalue weighted by Gasteiger charge is -2.50. The largest absolute Gasteiger partial charge is 0.543 e. The van der Waals surface area contributed by atoms with Gasteiger partial charge in [0.15, 0.2) is 40.7 Å². The summed E-state index contributed by atoms with van der Waals surface area (Å²) in [4.78, 5) is 46.7. The van der Waals surface area contributed by atoms with E-state index in [2.05, 4.69) is 24.8 Å². The number of aliphatic carboxylic acids is 1. The van der Waals surface area contributed by atoms with E-state index in [1.165, 1.54) is 17.1 Å². The van der Waals surface area contributed by atoms with Crippen LogP contribution in [0.2, 0.25) is 0 Å². The third-order valence-corrected chi connectivity index (χ3v) is 8.13. The van der Waals surface area contributed by atoms with Crippen molar-refractivity contribution in [2.24, 2.45) is 5.16 Å². The molecule has 0 spiro atoms. The molecule has 1 saturated heterocycles. The Morgan fingerprint density at radius 1 is 1.27 bits per heavy atom. The van der Waals surface area contributed by atoms with Gasteiger partial charge < -0.3 is 31.9 Å². The Morgan fingerprint density at radius 2 is 2.03 bits per heavy atom. The molecule has 5 heterocycles. The number of amides is 2. The molecule has 17 heteroatoms. The highest BCUT2D eigenvalue weighted by Gasteiger charge is 2.53. The van der Waals surface area contributed by atoms with Crippen molar-refractivity contribution >= 4 is 68.4 Å². The Balaban J connectivity index is 1.31. The predicted molar refractivity (Wildman–Crippen MR) is 132 cm³/mol. The second-order valence-electron chi connectivity index (χ2n) is 7.84. The highest BCUT2D eigenvalue weighted by atomic mass is 32.2. The number of rotatable bonds is 7. The quantitative estimate of drug-likeness (QED) is 0.0849. The Morgan fingerprint density at radius 3 is 2.62 bits per heavy atom. The highest BCUT2D eigenvalue weighted by Crippen LogP contribution is 2.40. The van der Waals surface area contributed by atoms with Gasteiger partial charge in [-0.2, -0.15) is 9.36 Å². The number of fused-ring (bicyclic) bond motifs is 1. The van der Waals surface area contributed by atoms with Gasteiger partial charge in [-0.1, -0.05) is 5.16 Å². The number of nitrogens with one attached hydrogen (secondary N) is 1. The average molecular weight is 560 g/mol. The number of nitrogens with two attached hydrogens (primary N) is 2. The maximum Gasteiger partial charge on any atom is 0.276 e. The SMILES string of the molecule is Nc1nc(/C(=N/O)C(=O)N[C@@H]2C(=O)N3C(C(=O)[O-])=C(C[n+]4ccc(-c5nsc(N)n5)cc4)CS[C@H]23)cs1. The highest BCUT2D eigenvalue weighted by molar-refractivity contribution is 8.00. The Hall–Kier alpha value is -4.09. The number of β-lactam (4-membered cyclic amide) rings is 1. The zero-order valence-corrected chi connectivity index (χ0v) is 21.0. The normalized spacial score (nSPS) is 19.4.